The molecule has 2 atom stereocenters. The highest BCUT2D eigenvalue weighted by Crippen LogP contribution is 2.30. The van der Waals surface area contributed by atoms with Crippen LogP contribution in [-0.4, -0.2) is 20.7 Å². The van der Waals surface area contributed by atoms with Crippen molar-refractivity contribution in [3.63, 3.8) is 0 Å². The molecule has 0 bridgehead atoms. The number of halogens is 1. The van der Waals surface area contributed by atoms with Crippen molar-refractivity contribution in [2.24, 2.45) is 5.92 Å². The number of rotatable bonds is 9. The Hall–Kier alpha value is 0.317. The average Bonchev–Trinajstić information content (AvgIpc) is 2.40. The smallest absolute Gasteiger partial charge is 0.192 e. The van der Waals surface area contributed by atoms with Crippen LogP contribution in [0, 0.1) is 5.92 Å². The number of hydrogen-bond donors (Lipinski definition) is 0. The lowest BCUT2D eigenvalue weighted by atomic mass is 9.97. The van der Waals surface area contributed by atoms with Crippen LogP contribution < -0.4 is 0 Å². The standard InChI is InChI=1S/C14H27IO2Si/c1-6-18(7-2,8-3)17-14(13(5)11-15)12(4)9-10-16/h10-12,14H,6-9H2,1-5H3/b13-11+/t12-,14-/m1/s1. The van der Waals surface area contributed by atoms with Gasteiger partial charge in [0.05, 0.1) is 6.10 Å². The second-order valence-corrected chi connectivity index (χ2v) is 10.4. The fourth-order valence-corrected chi connectivity index (χ4v) is 5.58. The van der Waals surface area contributed by atoms with E-state index in [9.17, 15) is 4.79 Å². The minimum Gasteiger partial charge on any atom is -0.410 e. The molecular weight excluding hydrogens is 355 g/mol. The van der Waals surface area contributed by atoms with E-state index in [1.165, 1.54) is 5.57 Å². The fraction of sp³-hybridized carbons (Fsp3) is 0.786. The summed E-state index contributed by atoms with van der Waals surface area (Å²) in [5.74, 6) is 0.269. The SMILES string of the molecule is CC[Si](CC)(CC)O[C@@H](/C(C)=C/I)[C@H](C)CC=O. The first kappa shape index (κ1) is 18.3. The van der Waals surface area contributed by atoms with Crippen molar-refractivity contribution in [3.8, 4) is 0 Å². The number of carbonyl (C=O) groups excluding carboxylic acids is 1. The first-order valence-corrected chi connectivity index (χ1v) is 10.7. The molecule has 0 heterocycles. The third-order valence-corrected chi connectivity index (χ3v) is 9.52. The zero-order chi connectivity index (χ0) is 14.2. The van der Waals surface area contributed by atoms with Gasteiger partial charge in [-0.15, -0.1) is 0 Å². The Morgan fingerprint density at radius 1 is 1.28 bits per heavy atom. The molecule has 0 aliphatic carbocycles. The Morgan fingerprint density at radius 3 is 2.11 bits per heavy atom. The molecule has 0 aromatic carbocycles. The number of hydrogen-bond acceptors (Lipinski definition) is 2. The maximum atomic E-state index is 10.7. The van der Waals surface area contributed by atoms with Crippen LogP contribution in [0.25, 0.3) is 0 Å². The largest absolute Gasteiger partial charge is 0.410 e. The van der Waals surface area contributed by atoms with Crippen LogP contribution in [-0.2, 0) is 9.22 Å². The van der Waals surface area contributed by atoms with Gasteiger partial charge in [-0.2, -0.15) is 0 Å². The Morgan fingerprint density at radius 2 is 1.78 bits per heavy atom. The summed E-state index contributed by atoms with van der Waals surface area (Å²) < 4.78 is 8.65. The van der Waals surface area contributed by atoms with E-state index in [0.29, 0.717) is 6.42 Å². The molecule has 106 valence electrons. The van der Waals surface area contributed by atoms with Crippen LogP contribution in [0.5, 0.6) is 0 Å². The summed E-state index contributed by atoms with van der Waals surface area (Å²) in [7, 11) is -1.61. The lowest BCUT2D eigenvalue weighted by Gasteiger charge is -2.36. The van der Waals surface area contributed by atoms with Crippen molar-refractivity contribution in [2.75, 3.05) is 0 Å². The van der Waals surface area contributed by atoms with Gasteiger partial charge in [-0.25, -0.2) is 0 Å². The van der Waals surface area contributed by atoms with E-state index in [1.54, 1.807) is 0 Å². The summed E-state index contributed by atoms with van der Waals surface area (Å²) >= 11 is 2.26. The highest BCUT2D eigenvalue weighted by molar-refractivity contribution is 14.1. The number of aldehydes is 1. The van der Waals surface area contributed by atoms with Crippen molar-refractivity contribution in [2.45, 2.75) is 65.3 Å². The second kappa shape index (κ2) is 9.26. The quantitative estimate of drug-likeness (QED) is 0.321. The molecule has 0 radical (unpaired) electrons. The molecule has 0 unspecified atom stereocenters. The van der Waals surface area contributed by atoms with Gasteiger partial charge in [0.2, 0.25) is 0 Å². The molecule has 2 nitrogen and oxygen atoms in total. The van der Waals surface area contributed by atoms with Gasteiger partial charge < -0.3 is 9.22 Å². The molecule has 0 aliphatic rings. The van der Waals surface area contributed by atoms with E-state index >= 15 is 0 Å². The van der Waals surface area contributed by atoms with Gasteiger partial charge in [-0.05, 0) is 40.6 Å². The zero-order valence-electron chi connectivity index (χ0n) is 12.3. The lowest BCUT2D eigenvalue weighted by Crippen LogP contribution is -2.42. The summed E-state index contributed by atoms with van der Waals surface area (Å²) in [6.07, 6.45) is 1.70. The number of carbonyl (C=O) groups is 1. The average molecular weight is 382 g/mol. The second-order valence-electron chi connectivity index (χ2n) is 5.01. The van der Waals surface area contributed by atoms with E-state index in [4.69, 9.17) is 4.43 Å². The summed E-state index contributed by atoms with van der Waals surface area (Å²) in [5.41, 5.74) is 1.25. The molecule has 0 rings (SSSR count). The molecular formula is C14H27IO2Si. The molecule has 0 spiro atoms. The molecule has 4 heteroatoms. The Kier molecular flexibility index (Phi) is 9.42. The normalized spacial score (nSPS) is 16.4. The van der Waals surface area contributed by atoms with Crippen LogP contribution in [0.15, 0.2) is 9.66 Å². The molecule has 0 aliphatic heterocycles. The predicted octanol–water partition coefficient (Wildman–Crippen LogP) is 4.94. The predicted molar refractivity (Wildman–Crippen MR) is 89.7 cm³/mol. The van der Waals surface area contributed by atoms with Crippen LogP contribution in [0.3, 0.4) is 0 Å². The van der Waals surface area contributed by atoms with Crippen molar-refractivity contribution in [1.82, 2.24) is 0 Å². The molecule has 0 aromatic heterocycles. The van der Waals surface area contributed by atoms with E-state index in [2.05, 4.69) is 61.3 Å². The minimum absolute atomic E-state index is 0.110. The van der Waals surface area contributed by atoms with Gasteiger partial charge in [0.1, 0.15) is 6.29 Å². The molecule has 0 fully saturated rings. The molecule has 0 N–H and O–H groups in total. The van der Waals surface area contributed by atoms with Crippen molar-refractivity contribution in [1.29, 1.82) is 0 Å². The summed E-state index contributed by atoms with van der Waals surface area (Å²) in [6, 6.07) is 3.45. The molecule has 0 aromatic rings. The van der Waals surface area contributed by atoms with Crippen LogP contribution in [0.4, 0.5) is 0 Å². The topological polar surface area (TPSA) is 26.3 Å². The highest BCUT2D eigenvalue weighted by Gasteiger charge is 2.34. The van der Waals surface area contributed by atoms with E-state index in [-0.39, 0.29) is 12.0 Å². The van der Waals surface area contributed by atoms with Crippen LogP contribution in [0.1, 0.15) is 41.0 Å². The van der Waals surface area contributed by atoms with Gasteiger partial charge in [0, 0.05) is 6.42 Å². The fourth-order valence-electron chi connectivity index (χ4n) is 2.26. The van der Waals surface area contributed by atoms with Crippen molar-refractivity contribution >= 4 is 37.2 Å². The van der Waals surface area contributed by atoms with Crippen molar-refractivity contribution in [3.05, 3.63) is 9.66 Å². The lowest BCUT2D eigenvalue weighted by molar-refractivity contribution is -0.109. The van der Waals surface area contributed by atoms with Crippen LogP contribution in [0.2, 0.25) is 18.1 Å². The van der Waals surface area contributed by atoms with Gasteiger partial charge in [0.15, 0.2) is 8.32 Å². The van der Waals surface area contributed by atoms with Crippen molar-refractivity contribution < 1.29 is 9.22 Å². The molecule has 0 amide bonds. The van der Waals surface area contributed by atoms with E-state index in [0.717, 1.165) is 24.4 Å². The van der Waals surface area contributed by atoms with Crippen LogP contribution >= 0.6 is 22.6 Å². The van der Waals surface area contributed by atoms with Gasteiger partial charge in [-0.3, -0.25) is 0 Å². The van der Waals surface area contributed by atoms with E-state index in [1.807, 2.05) is 0 Å². The van der Waals surface area contributed by atoms with Gasteiger partial charge in [0.25, 0.3) is 0 Å². The Balaban J connectivity index is 5.03. The summed E-state index contributed by atoms with van der Waals surface area (Å²) in [5, 5.41) is 0. The monoisotopic (exact) mass is 382 g/mol. The molecule has 18 heavy (non-hydrogen) atoms. The van der Waals surface area contributed by atoms with E-state index < -0.39 is 8.32 Å². The highest BCUT2D eigenvalue weighted by atomic mass is 127. The first-order chi connectivity index (χ1) is 8.50. The summed E-state index contributed by atoms with van der Waals surface area (Å²) in [4.78, 5) is 10.7. The Labute approximate surface area is 127 Å². The molecule has 0 saturated heterocycles. The third-order valence-electron chi connectivity index (χ3n) is 3.92. The van der Waals surface area contributed by atoms with Gasteiger partial charge >= 0.3 is 0 Å². The maximum Gasteiger partial charge on any atom is 0.192 e. The molecule has 0 saturated carbocycles. The maximum absolute atomic E-state index is 10.7. The summed E-state index contributed by atoms with van der Waals surface area (Å²) in [6.45, 7) is 10.9. The first-order valence-electron chi connectivity index (χ1n) is 6.88. The van der Waals surface area contributed by atoms with Gasteiger partial charge in [-0.1, -0.05) is 50.3 Å². The zero-order valence-corrected chi connectivity index (χ0v) is 15.5. The Bertz CT molecular complexity index is 267. The third kappa shape index (κ3) is 5.13. The minimum atomic E-state index is -1.61.